The smallest absolute Gasteiger partial charge is 0.0737 e. The van der Waals surface area contributed by atoms with Crippen LogP contribution in [-0.2, 0) is 17.1 Å². The molecule has 0 aliphatic heterocycles. The molecule has 175 valence electrons. The number of hydrogen-bond donors (Lipinski definition) is 2. The minimum Gasteiger partial charge on any atom is -0.412 e. The summed E-state index contributed by atoms with van der Waals surface area (Å²) in [4.78, 5) is 4.36. The Hall–Kier alpha value is -0.881. The van der Waals surface area contributed by atoms with Gasteiger partial charge in [-0.15, -0.1) is 0 Å². The van der Waals surface area contributed by atoms with Gasteiger partial charge in [0.2, 0.25) is 0 Å². The van der Waals surface area contributed by atoms with Gasteiger partial charge in [0.05, 0.1) is 5.52 Å². The molecule has 1 saturated carbocycles. The SMILES string of the molecule is C.Clc1ccc2c(NCCNCC3CCCC3)ccnc2c1.O.O.[CH3-].[CH3-].[CH3-].[CH3-].[Mn]. The van der Waals surface area contributed by atoms with Crippen LogP contribution in [0.25, 0.3) is 10.9 Å². The predicted molar refractivity (Wildman–Crippen MR) is 130 cm³/mol. The molecule has 0 atom stereocenters. The van der Waals surface area contributed by atoms with E-state index < -0.39 is 0 Å². The fourth-order valence-corrected chi connectivity index (χ4v) is 3.25. The number of fused-ring (bicyclic) bond motifs is 1. The number of benzene rings is 1. The van der Waals surface area contributed by atoms with Crippen molar-refractivity contribution < 1.29 is 28.0 Å². The molecule has 1 aliphatic rings. The van der Waals surface area contributed by atoms with Crippen molar-refractivity contribution in [3.63, 3.8) is 0 Å². The molecule has 6 N–H and O–H groups in total. The zero-order valence-electron chi connectivity index (χ0n) is 17.6. The molecular weight excluding hydrogens is 429 g/mol. The van der Waals surface area contributed by atoms with Crippen molar-refractivity contribution in [3.8, 4) is 0 Å². The molecule has 0 saturated heterocycles. The summed E-state index contributed by atoms with van der Waals surface area (Å²) in [6.45, 7) is 3.08. The fourth-order valence-electron chi connectivity index (χ4n) is 3.08. The Labute approximate surface area is 195 Å². The number of anilines is 1. The molecule has 0 spiro atoms. The maximum absolute atomic E-state index is 6.01. The van der Waals surface area contributed by atoms with E-state index in [1.165, 1.54) is 25.7 Å². The molecule has 1 aromatic heterocycles. The van der Waals surface area contributed by atoms with Crippen molar-refractivity contribution >= 4 is 28.2 Å². The Kier molecular flexibility index (Phi) is 31.8. The molecule has 0 bridgehead atoms. The van der Waals surface area contributed by atoms with Crippen molar-refractivity contribution in [2.24, 2.45) is 5.92 Å². The number of rotatable bonds is 6. The monoisotopic (exact) mass is 470 g/mol. The van der Waals surface area contributed by atoms with Gasteiger partial charge >= 0.3 is 0 Å². The summed E-state index contributed by atoms with van der Waals surface area (Å²) in [7, 11) is 0. The van der Waals surface area contributed by atoms with Crippen molar-refractivity contribution in [2.75, 3.05) is 25.0 Å². The second-order valence-corrected chi connectivity index (χ2v) is 6.24. The zero-order valence-corrected chi connectivity index (χ0v) is 19.6. The molecule has 1 heterocycles. The summed E-state index contributed by atoms with van der Waals surface area (Å²) < 4.78 is 0. The van der Waals surface area contributed by atoms with E-state index in [0.29, 0.717) is 0 Å². The number of pyridine rings is 1. The maximum atomic E-state index is 6.01. The van der Waals surface area contributed by atoms with Gasteiger partial charge in [0, 0.05) is 52.5 Å². The Morgan fingerprint density at radius 3 is 2.21 bits per heavy atom. The summed E-state index contributed by atoms with van der Waals surface area (Å²) in [5, 5.41) is 8.89. The van der Waals surface area contributed by atoms with Gasteiger partial charge < -0.3 is 51.3 Å². The predicted octanol–water partition coefficient (Wildman–Crippen LogP) is 4.87. The van der Waals surface area contributed by atoms with Crippen molar-refractivity contribution in [1.29, 1.82) is 0 Å². The first-order valence-electron chi connectivity index (χ1n) is 7.82. The van der Waals surface area contributed by atoms with E-state index >= 15 is 0 Å². The van der Waals surface area contributed by atoms with Crippen LogP contribution in [0.3, 0.4) is 0 Å². The summed E-state index contributed by atoms with van der Waals surface area (Å²) >= 11 is 6.01. The van der Waals surface area contributed by atoms with Crippen molar-refractivity contribution in [1.82, 2.24) is 10.3 Å². The van der Waals surface area contributed by atoms with E-state index in [1.807, 2.05) is 30.5 Å². The molecule has 1 fully saturated rings. The van der Waals surface area contributed by atoms with E-state index in [-0.39, 0.29) is 65.2 Å². The topological polar surface area (TPSA) is 100.0 Å². The van der Waals surface area contributed by atoms with E-state index in [0.717, 1.165) is 47.2 Å². The van der Waals surface area contributed by atoms with E-state index in [2.05, 4.69) is 15.6 Å². The van der Waals surface area contributed by atoms with Gasteiger partial charge in [0.25, 0.3) is 0 Å². The van der Waals surface area contributed by atoms with Crippen LogP contribution in [0.5, 0.6) is 0 Å². The van der Waals surface area contributed by atoms with Gasteiger partial charge in [0.15, 0.2) is 0 Å². The number of halogens is 1. The number of nitrogens with one attached hydrogen (secondary N) is 2. The average molecular weight is 471 g/mol. The average Bonchev–Trinajstić information content (AvgIpc) is 3.00. The van der Waals surface area contributed by atoms with Crippen LogP contribution in [0, 0.1) is 35.6 Å². The van der Waals surface area contributed by atoms with Crippen LogP contribution in [0.4, 0.5) is 5.69 Å². The van der Waals surface area contributed by atoms with Gasteiger partial charge in [-0.1, -0.05) is 31.9 Å². The van der Waals surface area contributed by atoms with E-state index in [9.17, 15) is 0 Å². The third-order valence-electron chi connectivity index (χ3n) is 4.23. The molecule has 2 aromatic rings. The molecule has 7 heteroatoms. The van der Waals surface area contributed by atoms with Gasteiger partial charge in [-0.3, -0.25) is 4.98 Å². The summed E-state index contributed by atoms with van der Waals surface area (Å²) in [6.07, 6.45) is 7.45. The minimum absolute atomic E-state index is 0. The largest absolute Gasteiger partial charge is 0.412 e. The van der Waals surface area contributed by atoms with Crippen LogP contribution in [0.2, 0.25) is 5.02 Å². The van der Waals surface area contributed by atoms with E-state index in [4.69, 9.17) is 11.6 Å². The Bertz CT molecular complexity index is 612. The number of aromatic nitrogens is 1. The molecule has 1 aliphatic carbocycles. The normalized spacial score (nSPS) is 11.3. The first kappa shape index (κ1) is 42.3. The zero-order chi connectivity index (χ0) is 14.5. The van der Waals surface area contributed by atoms with Crippen molar-refractivity contribution in [3.05, 3.63) is 65.2 Å². The first-order chi connectivity index (χ1) is 10.3. The Morgan fingerprint density at radius 1 is 0.966 bits per heavy atom. The first-order valence-corrected chi connectivity index (χ1v) is 8.19. The molecule has 5 nitrogen and oxygen atoms in total. The number of hydrogen-bond acceptors (Lipinski definition) is 3. The van der Waals surface area contributed by atoms with Crippen LogP contribution in [0.1, 0.15) is 33.1 Å². The second-order valence-electron chi connectivity index (χ2n) is 5.80. The third-order valence-corrected chi connectivity index (χ3v) is 4.46. The third kappa shape index (κ3) is 12.4. The second kappa shape index (κ2) is 21.8. The molecule has 1 radical (unpaired) electrons. The molecule has 29 heavy (non-hydrogen) atoms. The van der Waals surface area contributed by atoms with Crippen molar-refractivity contribution in [2.45, 2.75) is 33.1 Å². The van der Waals surface area contributed by atoms with Gasteiger partial charge in [0.1, 0.15) is 0 Å². The minimum atomic E-state index is 0. The quantitative estimate of drug-likeness (QED) is 0.358. The van der Waals surface area contributed by atoms with Crippen LogP contribution in [0.15, 0.2) is 30.5 Å². The van der Waals surface area contributed by atoms with Gasteiger partial charge in [-0.05, 0) is 49.6 Å². The molecule has 1 aromatic carbocycles. The summed E-state index contributed by atoms with van der Waals surface area (Å²) in [6, 6.07) is 7.86. The maximum Gasteiger partial charge on any atom is 0.0737 e. The molecule has 0 amide bonds. The summed E-state index contributed by atoms with van der Waals surface area (Å²) in [5.74, 6) is 0.897. The van der Waals surface area contributed by atoms with Crippen LogP contribution < -0.4 is 10.6 Å². The van der Waals surface area contributed by atoms with E-state index in [1.54, 1.807) is 0 Å². The number of nitrogens with zero attached hydrogens (tertiary/aromatic N) is 1. The van der Waals surface area contributed by atoms with Crippen LogP contribution in [-0.4, -0.2) is 35.6 Å². The molecule has 0 unspecified atom stereocenters. The molecule has 3 rings (SSSR count). The summed E-state index contributed by atoms with van der Waals surface area (Å²) in [5.41, 5.74) is 2.06. The van der Waals surface area contributed by atoms with Crippen LogP contribution >= 0.6 is 11.6 Å². The standard InChI is InChI=1S/C17H22ClN3.CH4.4CH3.Mn.2H2O/c18-14-5-6-15-16(7-8-20-17(15)11-14)21-10-9-19-12-13-3-1-2-4-13;;;;;;;;/h5-8,11,13,19H,1-4,9-10,12H2,(H,20,21);1H4;4*1H3;;2*1H2/q;;4*-1;;;. The Morgan fingerprint density at radius 2 is 1.59 bits per heavy atom. The van der Waals surface area contributed by atoms with Gasteiger partial charge in [-0.2, -0.15) is 0 Å². The van der Waals surface area contributed by atoms with Gasteiger partial charge in [-0.25, -0.2) is 0 Å². The molecular formula is C22H42ClMnN3O2-4. The fraction of sp³-hybridized carbons (Fsp3) is 0.409. The Balaban J connectivity index is -0.000000165.